The third-order valence-electron chi connectivity index (χ3n) is 5.78. The maximum atomic E-state index is 13.2. The molecule has 0 saturated heterocycles. The summed E-state index contributed by atoms with van der Waals surface area (Å²) in [6.07, 6.45) is 1.62. The molecule has 176 valence electrons. The molecule has 3 aromatic carbocycles. The highest BCUT2D eigenvalue weighted by atomic mass is 35.5. The van der Waals surface area contributed by atoms with Crippen molar-refractivity contribution in [3.63, 3.8) is 0 Å². The van der Waals surface area contributed by atoms with Crippen LogP contribution in [0.25, 0.3) is 22.0 Å². The summed E-state index contributed by atoms with van der Waals surface area (Å²) in [6.45, 7) is 5.40. The number of unbranched alkanes of at least 4 members (excludes halogenated alkanes) is 1. The third-order valence-corrected chi connectivity index (χ3v) is 6.31. The normalized spacial score (nSPS) is 11.1. The highest BCUT2D eigenvalue weighted by molar-refractivity contribution is 6.35. The van der Waals surface area contributed by atoms with E-state index in [0.717, 1.165) is 40.4 Å². The number of esters is 1. The van der Waals surface area contributed by atoms with Crippen molar-refractivity contribution < 1.29 is 14.3 Å². The SMILES string of the molecule is CCOC(=O)c1c(-c2ccccc2C)c2ccccc2n1CCCCOc1ccc(Cl)cc1Cl. The van der Waals surface area contributed by atoms with Gasteiger partial charge in [-0.3, -0.25) is 0 Å². The van der Waals surface area contributed by atoms with Crippen LogP contribution in [0, 0.1) is 6.92 Å². The second-order valence-electron chi connectivity index (χ2n) is 8.06. The fourth-order valence-corrected chi connectivity index (χ4v) is 4.68. The molecule has 0 fully saturated rings. The Labute approximate surface area is 210 Å². The summed E-state index contributed by atoms with van der Waals surface area (Å²) in [5, 5.41) is 2.12. The van der Waals surface area contributed by atoms with Gasteiger partial charge < -0.3 is 14.0 Å². The molecule has 4 rings (SSSR count). The summed E-state index contributed by atoms with van der Waals surface area (Å²) in [5.74, 6) is 0.313. The van der Waals surface area contributed by atoms with Crippen LogP contribution in [0.1, 0.15) is 35.8 Å². The molecule has 4 aromatic rings. The Balaban J connectivity index is 1.62. The molecule has 0 N–H and O–H groups in total. The zero-order chi connectivity index (χ0) is 24.1. The summed E-state index contributed by atoms with van der Waals surface area (Å²) in [6, 6.07) is 21.5. The van der Waals surface area contributed by atoms with Crippen LogP contribution < -0.4 is 4.74 Å². The Morgan fingerprint density at radius 3 is 2.50 bits per heavy atom. The van der Waals surface area contributed by atoms with Gasteiger partial charge in [0.15, 0.2) is 0 Å². The zero-order valence-electron chi connectivity index (χ0n) is 19.3. The minimum Gasteiger partial charge on any atom is -0.492 e. The van der Waals surface area contributed by atoms with E-state index >= 15 is 0 Å². The molecular weight excluding hydrogens is 469 g/mol. The molecule has 34 heavy (non-hydrogen) atoms. The number of para-hydroxylation sites is 1. The first-order valence-electron chi connectivity index (χ1n) is 11.4. The van der Waals surface area contributed by atoms with Crippen molar-refractivity contribution in [2.75, 3.05) is 13.2 Å². The average molecular weight is 496 g/mol. The number of rotatable bonds is 9. The van der Waals surface area contributed by atoms with Crippen molar-refractivity contribution in [3.8, 4) is 16.9 Å². The van der Waals surface area contributed by atoms with E-state index in [1.807, 2.05) is 31.2 Å². The van der Waals surface area contributed by atoms with Gasteiger partial charge in [-0.05, 0) is 62.1 Å². The lowest BCUT2D eigenvalue weighted by molar-refractivity contribution is 0.0515. The third kappa shape index (κ3) is 5.08. The predicted molar refractivity (Wildman–Crippen MR) is 139 cm³/mol. The quantitative estimate of drug-likeness (QED) is 0.174. The van der Waals surface area contributed by atoms with Crippen molar-refractivity contribution in [2.45, 2.75) is 33.2 Å². The molecule has 0 unspecified atom stereocenters. The highest BCUT2D eigenvalue weighted by Crippen LogP contribution is 2.37. The lowest BCUT2D eigenvalue weighted by Gasteiger charge is -2.13. The maximum absolute atomic E-state index is 13.2. The van der Waals surface area contributed by atoms with Crippen LogP contribution in [0.3, 0.4) is 0 Å². The van der Waals surface area contributed by atoms with Crippen LogP contribution in [-0.2, 0) is 11.3 Å². The number of carbonyl (C=O) groups excluding carboxylic acids is 1. The van der Waals surface area contributed by atoms with Gasteiger partial charge in [0, 0.05) is 28.0 Å². The molecule has 0 bridgehead atoms. The van der Waals surface area contributed by atoms with Crippen LogP contribution in [-0.4, -0.2) is 23.8 Å². The van der Waals surface area contributed by atoms with Crippen LogP contribution in [0.2, 0.25) is 10.0 Å². The van der Waals surface area contributed by atoms with Gasteiger partial charge >= 0.3 is 5.97 Å². The van der Waals surface area contributed by atoms with Crippen molar-refractivity contribution >= 4 is 40.1 Å². The number of aromatic nitrogens is 1. The number of carbonyl (C=O) groups is 1. The minimum atomic E-state index is -0.304. The average Bonchev–Trinajstić information content (AvgIpc) is 3.15. The molecule has 0 aliphatic heterocycles. The first-order valence-corrected chi connectivity index (χ1v) is 12.2. The largest absolute Gasteiger partial charge is 0.492 e. The van der Waals surface area contributed by atoms with Crippen molar-refractivity contribution in [2.24, 2.45) is 0 Å². The summed E-state index contributed by atoms with van der Waals surface area (Å²) < 4.78 is 13.4. The molecule has 0 spiro atoms. The number of benzene rings is 3. The molecule has 0 aliphatic rings. The molecule has 4 nitrogen and oxygen atoms in total. The maximum Gasteiger partial charge on any atom is 0.355 e. The smallest absolute Gasteiger partial charge is 0.355 e. The molecule has 1 heterocycles. The van der Waals surface area contributed by atoms with Crippen LogP contribution >= 0.6 is 23.2 Å². The Hall–Kier alpha value is -2.95. The number of fused-ring (bicyclic) bond motifs is 1. The highest BCUT2D eigenvalue weighted by Gasteiger charge is 2.25. The summed E-state index contributed by atoms with van der Waals surface area (Å²) in [4.78, 5) is 13.2. The first-order chi connectivity index (χ1) is 16.5. The molecule has 6 heteroatoms. The van der Waals surface area contributed by atoms with Gasteiger partial charge in [0.1, 0.15) is 11.4 Å². The van der Waals surface area contributed by atoms with E-state index in [0.29, 0.717) is 41.2 Å². The second kappa shape index (κ2) is 11.0. The number of nitrogens with zero attached hydrogens (tertiary/aromatic N) is 1. The molecule has 1 aromatic heterocycles. The molecule has 0 atom stereocenters. The Kier molecular flexibility index (Phi) is 7.81. The van der Waals surface area contributed by atoms with E-state index in [1.165, 1.54) is 0 Å². The summed E-state index contributed by atoms with van der Waals surface area (Å²) in [5.41, 5.74) is 4.70. The minimum absolute atomic E-state index is 0.304. The molecule has 0 aliphatic carbocycles. The zero-order valence-corrected chi connectivity index (χ0v) is 20.8. The van der Waals surface area contributed by atoms with Gasteiger partial charge in [-0.2, -0.15) is 0 Å². The van der Waals surface area contributed by atoms with E-state index in [2.05, 4.69) is 35.8 Å². The molecule has 0 saturated carbocycles. The Bertz CT molecular complexity index is 1310. The first kappa shape index (κ1) is 24.2. The number of hydrogen-bond acceptors (Lipinski definition) is 3. The van der Waals surface area contributed by atoms with Gasteiger partial charge in [-0.25, -0.2) is 4.79 Å². The fraction of sp³-hybridized carbons (Fsp3) is 0.250. The molecular formula is C28H27Cl2NO3. The lowest BCUT2D eigenvalue weighted by Crippen LogP contribution is -2.14. The molecule has 0 amide bonds. The van der Waals surface area contributed by atoms with E-state index in [1.54, 1.807) is 18.2 Å². The van der Waals surface area contributed by atoms with Crippen molar-refractivity contribution in [1.82, 2.24) is 4.57 Å². The van der Waals surface area contributed by atoms with Gasteiger partial charge in [0.05, 0.1) is 18.2 Å². The monoisotopic (exact) mass is 495 g/mol. The Morgan fingerprint density at radius 2 is 1.74 bits per heavy atom. The number of halogens is 2. The number of hydrogen-bond donors (Lipinski definition) is 0. The van der Waals surface area contributed by atoms with E-state index in [4.69, 9.17) is 32.7 Å². The van der Waals surface area contributed by atoms with E-state index < -0.39 is 0 Å². The van der Waals surface area contributed by atoms with Gasteiger partial charge in [0.2, 0.25) is 0 Å². The standard InChI is InChI=1S/C28H27Cl2NO3/c1-3-33-28(32)27-26(21-11-5-4-10-19(21)2)22-12-6-7-13-24(22)31(27)16-8-9-17-34-25-15-14-20(29)18-23(25)30/h4-7,10-15,18H,3,8-9,16-17H2,1-2H3. The predicted octanol–water partition coefficient (Wildman–Crippen LogP) is 7.96. The lowest BCUT2D eigenvalue weighted by atomic mass is 9.97. The summed E-state index contributed by atoms with van der Waals surface area (Å²) in [7, 11) is 0. The van der Waals surface area contributed by atoms with E-state index in [9.17, 15) is 4.79 Å². The van der Waals surface area contributed by atoms with Gasteiger partial charge in [-0.1, -0.05) is 65.7 Å². The fourth-order valence-electron chi connectivity index (χ4n) is 4.22. The van der Waals surface area contributed by atoms with Crippen molar-refractivity contribution in [3.05, 3.63) is 88.0 Å². The van der Waals surface area contributed by atoms with E-state index in [-0.39, 0.29) is 5.97 Å². The number of ether oxygens (including phenoxy) is 2. The van der Waals surface area contributed by atoms with Crippen LogP contribution in [0.4, 0.5) is 0 Å². The topological polar surface area (TPSA) is 40.5 Å². The van der Waals surface area contributed by atoms with Crippen LogP contribution in [0.15, 0.2) is 66.7 Å². The second-order valence-corrected chi connectivity index (χ2v) is 8.90. The number of aryl methyl sites for hydroxylation is 2. The van der Waals surface area contributed by atoms with Gasteiger partial charge in [-0.15, -0.1) is 0 Å². The van der Waals surface area contributed by atoms with Gasteiger partial charge in [0.25, 0.3) is 0 Å². The molecule has 0 radical (unpaired) electrons. The summed E-state index contributed by atoms with van der Waals surface area (Å²) >= 11 is 12.2. The van der Waals surface area contributed by atoms with Crippen LogP contribution in [0.5, 0.6) is 5.75 Å². The van der Waals surface area contributed by atoms with Crippen molar-refractivity contribution in [1.29, 1.82) is 0 Å². The Morgan fingerprint density at radius 1 is 0.971 bits per heavy atom.